The lowest BCUT2D eigenvalue weighted by molar-refractivity contribution is -0.384. The normalized spacial score (nSPS) is 11.1. The quantitative estimate of drug-likeness (QED) is 0.435. The van der Waals surface area contributed by atoms with Gasteiger partial charge in [0.1, 0.15) is 10.0 Å². The van der Waals surface area contributed by atoms with Crippen LogP contribution in [0, 0.1) is 17.0 Å². The van der Waals surface area contributed by atoms with Crippen molar-refractivity contribution in [1.82, 2.24) is 4.98 Å². The molecule has 0 fully saturated rings. The van der Waals surface area contributed by atoms with E-state index in [2.05, 4.69) is 17.1 Å². The van der Waals surface area contributed by atoms with Crippen LogP contribution in [-0.4, -0.2) is 9.91 Å². The largest absolute Gasteiger partial charge is 0.288 e. The molecule has 2 aromatic carbocycles. The van der Waals surface area contributed by atoms with Crippen LogP contribution in [0.3, 0.4) is 0 Å². The van der Waals surface area contributed by atoms with Crippen LogP contribution in [-0.2, 0) is 0 Å². The molecule has 6 heteroatoms. The molecule has 0 aliphatic rings. The molecule has 0 bridgehead atoms. The zero-order valence-electron chi connectivity index (χ0n) is 12.8. The van der Waals surface area contributed by atoms with Crippen molar-refractivity contribution in [3.8, 4) is 11.3 Å². The molecule has 0 radical (unpaired) electrons. The first-order chi connectivity index (χ1) is 11.5. The zero-order chi connectivity index (χ0) is 17.1. The summed E-state index contributed by atoms with van der Waals surface area (Å²) in [7, 11) is 0. The molecule has 0 spiro atoms. The molecule has 3 rings (SSSR count). The van der Waals surface area contributed by atoms with Gasteiger partial charge in [0.05, 0.1) is 10.6 Å². The van der Waals surface area contributed by atoms with Crippen molar-refractivity contribution >= 4 is 40.8 Å². The van der Waals surface area contributed by atoms with E-state index in [0.717, 1.165) is 16.3 Å². The van der Waals surface area contributed by atoms with E-state index >= 15 is 0 Å². The number of nitro groups is 1. The van der Waals surface area contributed by atoms with Gasteiger partial charge >= 0.3 is 0 Å². The summed E-state index contributed by atoms with van der Waals surface area (Å²) in [5, 5.41) is 13.9. The first-order valence-corrected chi connectivity index (χ1v) is 8.43. The Balaban J connectivity index is 1.82. The topological polar surface area (TPSA) is 56.0 Å². The van der Waals surface area contributed by atoms with Crippen LogP contribution >= 0.6 is 22.9 Å². The monoisotopic (exact) mass is 356 g/mol. The van der Waals surface area contributed by atoms with Crippen LogP contribution in [0.4, 0.5) is 5.69 Å². The summed E-state index contributed by atoms with van der Waals surface area (Å²) in [4.78, 5) is 15.0. The molecule has 0 N–H and O–H groups in total. The number of benzene rings is 2. The maximum absolute atomic E-state index is 10.9. The molecule has 1 heterocycles. The highest BCUT2D eigenvalue weighted by molar-refractivity contribution is 7.10. The maximum atomic E-state index is 10.9. The van der Waals surface area contributed by atoms with Gasteiger partial charge in [-0.05, 0) is 24.6 Å². The summed E-state index contributed by atoms with van der Waals surface area (Å²) in [5.41, 5.74) is 3.80. The SMILES string of the molecule is Cc1ccc(-c2csc(/C=C/c3ccc(Cl)c([N+](=O)[O-])c3)n2)cc1. The molecular weight excluding hydrogens is 344 g/mol. The van der Waals surface area contributed by atoms with Crippen molar-refractivity contribution < 1.29 is 4.92 Å². The number of aromatic nitrogens is 1. The molecule has 0 saturated carbocycles. The van der Waals surface area contributed by atoms with E-state index in [1.165, 1.54) is 29.0 Å². The van der Waals surface area contributed by atoms with E-state index in [1.807, 2.05) is 30.5 Å². The molecule has 0 saturated heterocycles. The van der Waals surface area contributed by atoms with Crippen LogP contribution < -0.4 is 0 Å². The number of thiazole rings is 1. The van der Waals surface area contributed by atoms with Crippen molar-refractivity contribution in [1.29, 1.82) is 0 Å². The minimum atomic E-state index is -0.488. The third-order valence-corrected chi connectivity index (χ3v) is 4.58. The van der Waals surface area contributed by atoms with Crippen molar-refractivity contribution in [2.45, 2.75) is 6.92 Å². The Bertz CT molecular complexity index is 917. The Labute approximate surface area is 148 Å². The van der Waals surface area contributed by atoms with Crippen molar-refractivity contribution in [2.24, 2.45) is 0 Å². The number of hydrogen-bond donors (Lipinski definition) is 0. The molecule has 4 nitrogen and oxygen atoms in total. The van der Waals surface area contributed by atoms with Gasteiger partial charge in [-0.15, -0.1) is 11.3 Å². The number of hydrogen-bond acceptors (Lipinski definition) is 4. The molecule has 0 unspecified atom stereocenters. The maximum Gasteiger partial charge on any atom is 0.288 e. The Morgan fingerprint density at radius 2 is 1.92 bits per heavy atom. The minimum Gasteiger partial charge on any atom is -0.258 e. The molecule has 0 aliphatic heterocycles. The smallest absolute Gasteiger partial charge is 0.258 e. The standard InChI is InChI=1S/C18H13ClN2O2S/c1-12-2-6-14(7-3-12)16-11-24-18(20-16)9-5-13-4-8-15(19)17(10-13)21(22)23/h2-11H,1H3/b9-5+. The van der Waals surface area contributed by atoms with Crippen LogP contribution in [0.15, 0.2) is 47.8 Å². The van der Waals surface area contributed by atoms with E-state index in [0.29, 0.717) is 5.56 Å². The van der Waals surface area contributed by atoms with Crippen LogP contribution in [0.25, 0.3) is 23.4 Å². The number of halogens is 1. The fourth-order valence-corrected chi connectivity index (χ4v) is 3.07. The Morgan fingerprint density at radius 3 is 2.62 bits per heavy atom. The summed E-state index contributed by atoms with van der Waals surface area (Å²) >= 11 is 7.34. The third-order valence-electron chi connectivity index (χ3n) is 3.45. The highest BCUT2D eigenvalue weighted by Crippen LogP contribution is 2.27. The predicted octanol–water partition coefficient (Wildman–Crippen LogP) is 5.85. The summed E-state index contributed by atoms with van der Waals surface area (Å²) in [6.07, 6.45) is 3.64. The van der Waals surface area contributed by atoms with E-state index in [9.17, 15) is 10.1 Å². The number of nitrogens with zero attached hydrogens (tertiary/aromatic N) is 2. The van der Waals surface area contributed by atoms with Gasteiger partial charge in [0, 0.05) is 17.0 Å². The number of rotatable bonds is 4. The zero-order valence-corrected chi connectivity index (χ0v) is 14.3. The first-order valence-electron chi connectivity index (χ1n) is 7.17. The predicted molar refractivity (Wildman–Crippen MR) is 99.3 cm³/mol. The van der Waals surface area contributed by atoms with Crippen molar-refractivity contribution in [2.75, 3.05) is 0 Å². The lowest BCUT2D eigenvalue weighted by Gasteiger charge is -1.97. The van der Waals surface area contributed by atoms with Gasteiger partial charge < -0.3 is 0 Å². The second-order valence-corrected chi connectivity index (χ2v) is 6.54. The number of aryl methyl sites for hydroxylation is 1. The average molecular weight is 357 g/mol. The molecule has 1 aromatic heterocycles. The van der Waals surface area contributed by atoms with E-state index in [1.54, 1.807) is 12.1 Å². The van der Waals surface area contributed by atoms with Gasteiger partial charge in [-0.2, -0.15) is 0 Å². The average Bonchev–Trinajstić information content (AvgIpc) is 3.03. The second-order valence-electron chi connectivity index (χ2n) is 5.24. The van der Waals surface area contributed by atoms with E-state index in [-0.39, 0.29) is 10.7 Å². The Morgan fingerprint density at radius 1 is 1.17 bits per heavy atom. The third kappa shape index (κ3) is 3.69. The molecule has 0 aliphatic carbocycles. The Hall–Kier alpha value is -2.50. The molecule has 24 heavy (non-hydrogen) atoms. The van der Waals surface area contributed by atoms with Gasteiger partial charge in [-0.1, -0.05) is 53.6 Å². The van der Waals surface area contributed by atoms with Gasteiger partial charge in [0.15, 0.2) is 0 Å². The second kappa shape index (κ2) is 6.95. The van der Waals surface area contributed by atoms with Crippen LogP contribution in [0.5, 0.6) is 0 Å². The van der Waals surface area contributed by atoms with Gasteiger partial charge in [0.25, 0.3) is 5.69 Å². The summed E-state index contributed by atoms with van der Waals surface area (Å²) in [5.74, 6) is 0. The molecule has 120 valence electrons. The highest BCUT2D eigenvalue weighted by Gasteiger charge is 2.11. The van der Waals surface area contributed by atoms with Gasteiger partial charge in [-0.25, -0.2) is 4.98 Å². The minimum absolute atomic E-state index is 0.0988. The lowest BCUT2D eigenvalue weighted by atomic mass is 10.1. The summed E-state index contributed by atoms with van der Waals surface area (Å²) in [6.45, 7) is 2.05. The fraction of sp³-hybridized carbons (Fsp3) is 0.0556. The van der Waals surface area contributed by atoms with Crippen molar-refractivity contribution in [3.63, 3.8) is 0 Å². The van der Waals surface area contributed by atoms with E-state index < -0.39 is 4.92 Å². The molecule has 0 amide bonds. The first kappa shape index (κ1) is 16.4. The fourth-order valence-electron chi connectivity index (χ4n) is 2.16. The lowest BCUT2D eigenvalue weighted by Crippen LogP contribution is -1.89. The van der Waals surface area contributed by atoms with Crippen LogP contribution in [0.2, 0.25) is 5.02 Å². The van der Waals surface area contributed by atoms with Gasteiger partial charge in [0.2, 0.25) is 0 Å². The number of nitro benzene ring substituents is 1. The molecule has 3 aromatic rings. The summed E-state index contributed by atoms with van der Waals surface area (Å²) in [6, 6.07) is 12.9. The Kier molecular flexibility index (Phi) is 4.74. The molecular formula is C18H13ClN2O2S. The summed E-state index contributed by atoms with van der Waals surface area (Å²) < 4.78 is 0. The van der Waals surface area contributed by atoms with Gasteiger partial charge in [-0.3, -0.25) is 10.1 Å². The molecule has 0 atom stereocenters. The highest BCUT2D eigenvalue weighted by atomic mass is 35.5. The van der Waals surface area contributed by atoms with E-state index in [4.69, 9.17) is 11.6 Å². The van der Waals surface area contributed by atoms with Crippen molar-refractivity contribution in [3.05, 3.63) is 79.1 Å². The van der Waals surface area contributed by atoms with Crippen LogP contribution in [0.1, 0.15) is 16.1 Å².